The molecule has 0 fully saturated rings. The first kappa shape index (κ1) is 15.3. The molecule has 8 nitrogen and oxygen atoms in total. The third-order valence-corrected chi connectivity index (χ3v) is 3.37. The summed E-state index contributed by atoms with van der Waals surface area (Å²) in [6, 6.07) is 0. The Kier molecular flexibility index (Phi) is 4.42. The summed E-state index contributed by atoms with van der Waals surface area (Å²) < 4.78 is 5.08. The number of aryl methyl sites for hydroxylation is 1. The summed E-state index contributed by atoms with van der Waals surface area (Å²) in [4.78, 5) is 11.9. The molecule has 120 valence electrons. The number of carbonyl (C=O) groups is 1. The van der Waals surface area contributed by atoms with Crippen LogP contribution in [0.5, 0.6) is 0 Å². The molecule has 0 unspecified atom stereocenters. The fourth-order valence-corrected chi connectivity index (χ4v) is 2.29. The van der Waals surface area contributed by atoms with Gasteiger partial charge < -0.3 is 5.32 Å². The first-order chi connectivity index (χ1) is 11.1. The molecule has 0 aliphatic heterocycles. The standard InChI is InChI=1S/C14H16ClN7O/c1-2-20-6-11(3-16-20)7-21-9-13(5-18-21)19-14(23)10-22-8-12(15)4-17-22/h3-6,8-9H,2,7,10H2,1H3,(H,19,23). The number of hydrogen-bond donors (Lipinski definition) is 1. The largest absolute Gasteiger partial charge is 0.322 e. The highest BCUT2D eigenvalue weighted by atomic mass is 35.5. The zero-order valence-corrected chi connectivity index (χ0v) is 13.3. The minimum absolute atomic E-state index is 0.0984. The number of carbonyl (C=O) groups excluding carboxylic acids is 1. The minimum Gasteiger partial charge on any atom is -0.322 e. The van der Waals surface area contributed by atoms with Crippen molar-refractivity contribution in [2.75, 3.05) is 5.32 Å². The summed E-state index contributed by atoms with van der Waals surface area (Å²) in [6.07, 6.45) is 10.3. The lowest BCUT2D eigenvalue weighted by atomic mass is 10.4. The van der Waals surface area contributed by atoms with E-state index in [9.17, 15) is 4.79 Å². The SMILES string of the molecule is CCn1cc(Cn2cc(NC(=O)Cn3cc(Cl)cn3)cn2)cn1. The van der Waals surface area contributed by atoms with Crippen LogP contribution in [-0.2, 0) is 24.4 Å². The molecule has 0 saturated heterocycles. The molecule has 0 aliphatic rings. The van der Waals surface area contributed by atoms with E-state index in [4.69, 9.17) is 11.6 Å². The van der Waals surface area contributed by atoms with E-state index < -0.39 is 0 Å². The van der Waals surface area contributed by atoms with Crippen molar-refractivity contribution in [3.8, 4) is 0 Å². The van der Waals surface area contributed by atoms with Crippen LogP contribution in [0.3, 0.4) is 0 Å². The zero-order chi connectivity index (χ0) is 16.2. The molecule has 23 heavy (non-hydrogen) atoms. The Morgan fingerprint density at radius 2 is 1.87 bits per heavy atom. The fraction of sp³-hybridized carbons (Fsp3) is 0.286. The third kappa shape index (κ3) is 3.98. The van der Waals surface area contributed by atoms with Gasteiger partial charge in [-0.25, -0.2) is 0 Å². The van der Waals surface area contributed by atoms with E-state index in [1.54, 1.807) is 23.3 Å². The summed E-state index contributed by atoms with van der Waals surface area (Å²) in [5.74, 6) is -0.192. The molecular weight excluding hydrogens is 318 g/mol. The number of nitrogens with zero attached hydrogens (tertiary/aromatic N) is 6. The Morgan fingerprint density at radius 3 is 2.57 bits per heavy atom. The van der Waals surface area contributed by atoms with Gasteiger partial charge in [-0.2, -0.15) is 15.3 Å². The number of nitrogens with one attached hydrogen (secondary N) is 1. The smallest absolute Gasteiger partial charge is 0.246 e. The molecule has 3 aromatic heterocycles. The second kappa shape index (κ2) is 6.66. The Bertz CT molecular complexity index is 804. The van der Waals surface area contributed by atoms with Gasteiger partial charge in [0.05, 0.1) is 35.8 Å². The molecule has 0 saturated carbocycles. The van der Waals surface area contributed by atoms with Gasteiger partial charge >= 0.3 is 0 Å². The maximum absolute atomic E-state index is 11.9. The van der Waals surface area contributed by atoms with E-state index in [1.165, 1.54) is 10.9 Å². The number of aromatic nitrogens is 6. The topological polar surface area (TPSA) is 82.6 Å². The Labute approximate surface area is 137 Å². The Balaban J connectivity index is 1.57. The van der Waals surface area contributed by atoms with Crippen LogP contribution in [0.4, 0.5) is 5.69 Å². The highest BCUT2D eigenvalue weighted by molar-refractivity contribution is 6.30. The van der Waals surface area contributed by atoms with Crippen LogP contribution in [-0.4, -0.2) is 35.2 Å². The molecule has 3 heterocycles. The van der Waals surface area contributed by atoms with Crippen molar-refractivity contribution >= 4 is 23.2 Å². The molecule has 0 bridgehead atoms. The number of rotatable bonds is 6. The average Bonchev–Trinajstić information content (AvgIpc) is 3.22. The summed E-state index contributed by atoms with van der Waals surface area (Å²) >= 11 is 5.76. The fourth-order valence-electron chi connectivity index (χ4n) is 2.14. The van der Waals surface area contributed by atoms with Crippen LogP contribution in [0.25, 0.3) is 0 Å². The van der Waals surface area contributed by atoms with Gasteiger partial charge in [0.25, 0.3) is 0 Å². The van der Waals surface area contributed by atoms with Gasteiger partial charge in [0, 0.05) is 30.7 Å². The van der Waals surface area contributed by atoms with Crippen LogP contribution in [0.15, 0.2) is 37.2 Å². The Morgan fingerprint density at radius 1 is 1.09 bits per heavy atom. The van der Waals surface area contributed by atoms with Crippen molar-refractivity contribution in [1.82, 2.24) is 29.3 Å². The normalized spacial score (nSPS) is 10.9. The molecule has 3 aromatic rings. The maximum atomic E-state index is 11.9. The van der Waals surface area contributed by atoms with Crippen molar-refractivity contribution in [3.05, 3.63) is 47.8 Å². The van der Waals surface area contributed by atoms with Gasteiger partial charge in [-0.1, -0.05) is 11.6 Å². The zero-order valence-electron chi connectivity index (χ0n) is 12.6. The lowest BCUT2D eigenvalue weighted by molar-refractivity contribution is -0.116. The number of anilines is 1. The lowest BCUT2D eigenvalue weighted by Gasteiger charge is -2.02. The van der Waals surface area contributed by atoms with Crippen molar-refractivity contribution < 1.29 is 4.79 Å². The Hall–Kier alpha value is -2.61. The van der Waals surface area contributed by atoms with Crippen molar-refractivity contribution in [2.45, 2.75) is 26.6 Å². The molecule has 1 N–H and O–H groups in total. The van der Waals surface area contributed by atoms with Gasteiger partial charge in [-0.3, -0.25) is 18.8 Å². The molecule has 0 radical (unpaired) electrons. The lowest BCUT2D eigenvalue weighted by Crippen LogP contribution is -2.18. The number of amides is 1. The second-order valence-corrected chi connectivity index (χ2v) is 5.47. The van der Waals surface area contributed by atoms with E-state index in [0.29, 0.717) is 17.3 Å². The van der Waals surface area contributed by atoms with E-state index in [-0.39, 0.29) is 12.5 Å². The molecule has 0 atom stereocenters. The van der Waals surface area contributed by atoms with Crippen LogP contribution in [0.1, 0.15) is 12.5 Å². The predicted molar refractivity (Wildman–Crippen MR) is 85.1 cm³/mol. The third-order valence-electron chi connectivity index (χ3n) is 3.18. The monoisotopic (exact) mass is 333 g/mol. The van der Waals surface area contributed by atoms with Gasteiger partial charge in [0.15, 0.2) is 0 Å². The molecule has 9 heteroatoms. The first-order valence-corrected chi connectivity index (χ1v) is 7.52. The summed E-state index contributed by atoms with van der Waals surface area (Å²) in [5.41, 5.74) is 1.69. The van der Waals surface area contributed by atoms with Crippen molar-refractivity contribution in [1.29, 1.82) is 0 Å². The number of hydrogen-bond acceptors (Lipinski definition) is 4. The van der Waals surface area contributed by atoms with Crippen LogP contribution in [0, 0.1) is 0 Å². The molecule has 0 aliphatic carbocycles. The van der Waals surface area contributed by atoms with Crippen LogP contribution in [0.2, 0.25) is 5.02 Å². The van der Waals surface area contributed by atoms with Gasteiger partial charge in [0.2, 0.25) is 5.91 Å². The highest BCUT2D eigenvalue weighted by Crippen LogP contribution is 2.09. The number of halogens is 1. The van der Waals surface area contributed by atoms with Crippen molar-refractivity contribution in [3.63, 3.8) is 0 Å². The quantitative estimate of drug-likeness (QED) is 0.743. The summed E-state index contributed by atoms with van der Waals surface area (Å²) in [5, 5.41) is 15.7. The van der Waals surface area contributed by atoms with Gasteiger partial charge in [0.1, 0.15) is 6.54 Å². The highest BCUT2D eigenvalue weighted by Gasteiger charge is 2.07. The van der Waals surface area contributed by atoms with Crippen molar-refractivity contribution in [2.24, 2.45) is 0 Å². The molecule has 0 spiro atoms. The van der Waals surface area contributed by atoms with E-state index >= 15 is 0 Å². The first-order valence-electron chi connectivity index (χ1n) is 7.14. The van der Waals surface area contributed by atoms with Crippen LogP contribution < -0.4 is 5.32 Å². The predicted octanol–water partition coefficient (Wildman–Crippen LogP) is 1.64. The maximum Gasteiger partial charge on any atom is 0.246 e. The molecule has 3 rings (SSSR count). The minimum atomic E-state index is -0.192. The molecule has 0 aromatic carbocycles. The molecule has 1 amide bonds. The van der Waals surface area contributed by atoms with Gasteiger partial charge in [-0.15, -0.1) is 0 Å². The van der Waals surface area contributed by atoms with E-state index in [1.807, 2.05) is 24.0 Å². The van der Waals surface area contributed by atoms with Crippen LogP contribution >= 0.6 is 11.6 Å². The van der Waals surface area contributed by atoms with E-state index in [2.05, 4.69) is 20.6 Å². The summed E-state index contributed by atoms with van der Waals surface area (Å²) in [6.45, 7) is 3.56. The van der Waals surface area contributed by atoms with Gasteiger partial charge in [-0.05, 0) is 6.92 Å². The summed E-state index contributed by atoms with van der Waals surface area (Å²) in [7, 11) is 0. The average molecular weight is 334 g/mol. The van der Waals surface area contributed by atoms with E-state index in [0.717, 1.165) is 12.1 Å². The second-order valence-electron chi connectivity index (χ2n) is 5.04. The molecular formula is C14H16ClN7O.